The zero-order valence-corrected chi connectivity index (χ0v) is 20.2. The molecule has 0 radical (unpaired) electrons. The lowest BCUT2D eigenvalue weighted by atomic mass is 10.1. The highest BCUT2D eigenvalue weighted by molar-refractivity contribution is 5.79. The minimum atomic E-state index is -0.329. The van der Waals surface area contributed by atoms with Crippen LogP contribution in [0.3, 0.4) is 0 Å². The van der Waals surface area contributed by atoms with Crippen molar-refractivity contribution in [2.75, 3.05) is 6.54 Å². The average Bonchev–Trinajstić information content (AvgIpc) is 2.75. The van der Waals surface area contributed by atoms with Crippen molar-refractivity contribution in [3.63, 3.8) is 0 Å². The van der Waals surface area contributed by atoms with Gasteiger partial charge in [-0.2, -0.15) is 0 Å². The highest BCUT2D eigenvalue weighted by atomic mass is 16.2. The molecular weight excluding hydrogens is 398 g/mol. The summed E-state index contributed by atoms with van der Waals surface area (Å²) in [5.74, 6) is 0.982. The number of carbonyl (C=O) groups is 1. The minimum Gasteiger partial charge on any atom is -0.333 e. The van der Waals surface area contributed by atoms with E-state index in [0.29, 0.717) is 29.7 Å². The van der Waals surface area contributed by atoms with Gasteiger partial charge in [0, 0.05) is 13.0 Å². The SMILES string of the molecule is CCCCN(C(=O)CC(C)C)C(C)c1nc2ccccc2c(=O)n1-c1cc(C)ccc1C. The number of hydrogen-bond donors (Lipinski definition) is 0. The lowest BCUT2D eigenvalue weighted by molar-refractivity contribution is -0.134. The number of aryl methyl sites for hydroxylation is 2. The van der Waals surface area contributed by atoms with E-state index in [1.807, 2.05) is 68.1 Å². The summed E-state index contributed by atoms with van der Waals surface area (Å²) in [5.41, 5.74) is 3.45. The normalized spacial score (nSPS) is 12.3. The predicted octanol–water partition coefficient (Wildman–Crippen LogP) is 5.74. The Morgan fingerprint density at radius 1 is 1.09 bits per heavy atom. The Labute approximate surface area is 191 Å². The summed E-state index contributed by atoms with van der Waals surface area (Å²) in [6.45, 7) is 12.9. The molecule has 0 saturated carbocycles. The molecule has 0 aliphatic heterocycles. The minimum absolute atomic E-state index is 0.0992. The molecule has 5 nitrogen and oxygen atoms in total. The van der Waals surface area contributed by atoms with Crippen molar-refractivity contribution in [2.45, 2.75) is 66.8 Å². The van der Waals surface area contributed by atoms with Crippen LogP contribution in [0.4, 0.5) is 0 Å². The first kappa shape index (κ1) is 23.7. The van der Waals surface area contributed by atoms with Crippen molar-refractivity contribution in [1.29, 1.82) is 0 Å². The van der Waals surface area contributed by atoms with E-state index in [9.17, 15) is 9.59 Å². The van der Waals surface area contributed by atoms with Gasteiger partial charge in [-0.1, -0.05) is 51.5 Å². The molecule has 0 aliphatic rings. The van der Waals surface area contributed by atoms with Crippen molar-refractivity contribution < 1.29 is 4.79 Å². The third-order valence-corrected chi connectivity index (χ3v) is 5.90. The molecule has 0 bridgehead atoms. The number of benzene rings is 2. The predicted molar refractivity (Wildman–Crippen MR) is 131 cm³/mol. The maximum Gasteiger partial charge on any atom is 0.266 e. The average molecular weight is 434 g/mol. The van der Waals surface area contributed by atoms with E-state index in [1.165, 1.54) is 0 Å². The molecule has 32 heavy (non-hydrogen) atoms. The second kappa shape index (κ2) is 10.1. The topological polar surface area (TPSA) is 55.2 Å². The second-order valence-corrected chi connectivity index (χ2v) is 9.13. The van der Waals surface area contributed by atoms with Crippen molar-refractivity contribution in [3.05, 3.63) is 69.8 Å². The van der Waals surface area contributed by atoms with E-state index in [1.54, 1.807) is 4.57 Å². The number of fused-ring (bicyclic) bond motifs is 1. The van der Waals surface area contributed by atoms with E-state index >= 15 is 0 Å². The van der Waals surface area contributed by atoms with Crippen LogP contribution in [0.1, 0.15) is 70.0 Å². The molecule has 0 saturated heterocycles. The van der Waals surface area contributed by atoms with Gasteiger partial charge in [0.2, 0.25) is 5.91 Å². The summed E-state index contributed by atoms with van der Waals surface area (Å²) >= 11 is 0. The molecule has 0 spiro atoms. The first-order valence-corrected chi connectivity index (χ1v) is 11.6. The van der Waals surface area contributed by atoms with E-state index < -0.39 is 0 Å². The molecule has 0 N–H and O–H groups in total. The summed E-state index contributed by atoms with van der Waals surface area (Å²) in [6, 6.07) is 13.2. The molecule has 1 amide bonds. The van der Waals surface area contributed by atoms with Gasteiger partial charge in [0.15, 0.2) is 0 Å². The van der Waals surface area contributed by atoms with Gasteiger partial charge in [0.25, 0.3) is 5.56 Å². The molecule has 0 aliphatic carbocycles. The Morgan fingerprint density at radius 2 is 1.81 bits per heavy atom. The number of amides is 1. The van der Waals surface area contributed by atoms with Gasteiger partial charge < -0.3 is 4.90 Å². The van der Waals surface area contributed by atoms with Gasteiger partial charge in [-0.05, 0) is 62.4 Å². The largest absolute Gasteiger partial charge is 0.333 e. The van der Waals surface area contributed by atoms with Crippen molar-refractivity contribution in [1.82, 2.24) is 14.5 Å². The standard InChI is InChI=1S/C27H35N3O2/c1-7-8-15-29(25(31)16-18(2)3)21(6)26-28-23-12-10-9-11-22(23)27(32)30(26)24-17-19(4)13-14-20(24)5/h9-14,17-18,21H,7-8,15-16H2,1-6H3. The second-order valence-electron chi connectivity index (χ2n) is 9.13. The highest BCUT2D eigenvalue weighted by Crippen LogP contribution is 2.26. The number of nitrogens with zero attached hydrogens (tertiary/aromatic N) is 3. The number of carbonyl (C=O) groups excluding carboxylic acids is 1. The van der Waals surface area contributed by atoms with Crippen LogP contribution in [0.25, 0.3) is 16.6 Å². The maximum absolute atomic E-state index is 13.7. The van der Waals surface area contributed by atoms with Crippen LogP contribution in [0.15, 0.2) is 47.3 Å². The molecule has 3 aromatic rings. The number of aromatic nitrogens is 2. The van der Waals surface area contributed by atoms with Crippen molar-refractivity contribution in [2.24, 2.45) is 5.92 Å². The van der Waals surface area contributed by atoms with Gasteiger partial charge in [-0.3, -0.25) is 14.2 Å². The van der Waals surface area contributed by atoms with Crippen LogP contribution >= 0.6 is 0 Å². The Kier molecular flexibility index (Phi) is 7.49. The summed E-state index contributed by atoms with van der Waals surface area (Å²) in [6.07, 6.45) is 2.39. The van der Waals surface area contributed by atoms with Gasteiger partial charge in [0.1, 0.15) is 5.82 Å². The monoisotopic (exact) mass is 433 g/mol. The molecule has 1 atom stereocenters. The molecule has 5 heteroatoms. The molecule has 1 aromatic heterocycles. The van der Waals surface area contributed by atoms with Gasteiger partial charge in [-0.25, -0.2) is 4.98 Å². The summed E-state index contributed by atoms with van der Waals surface area (Å²) in [5, 5.41) is 0.581. The molecule has 1 unspecified atom stereocenters. The van der Waals surface area contributed by atoms with Crippen LogP contribution in [0, 0.1) is 19.8 Å². The molecule has 1 heterocycles. The Morgan fingerprint density at radius 3 is 2.50 bits per heavy atom. The lowest BCUT2D eigenvalue weighted by Crippen LogP contribution is -2.38. The Balaban J connectivity index is 2.26. The van der Waals surface area contributed by atoms with Gasteiger partial charge in [-0.15, -0.1) is 0 Å². The van der Waals surface area contributed by atoms with Gasteiger partial charge in [0.05, 0.1) is 22.6 Å². The third kappa shape index (κ3) is 4.93. The highest BCUT2D eigenvalue weighted by Gasteiger charge is 2.27. The fourth-order valence-corrected chi connectivity index (χ4v) is 4.09. The fourth-order valence-electron chi connectivity index (χ4n) is 4.09. The first-order valence-electron chi connectivity index (χ1n) is 11.6. The van der Waals surface area contributed by atoms with Crippen molar-refractivity contribution >= 4 is 16.8 Å². The van der Waals surface area contributed by atoms with E-state index in [0.717, 1.165) is 29.7 Å². The molecule has 170 valence electrons. The van der Waals surface area contributed by atoms with Crippen LogP contribution in [0.2, 0.25) is 0 Å². The van der Waals surface area contributed by atoms with Crippen LogP contribution < -0.4 is 5.56 Å². The van der Waals surface area contributed by atoms with Crippen molar-refractivity contribution in [3.8, 4) is 5.69 Å². The molecule has 3 rings (SSSR count). The molecule has 0 fully saturated rings. The molecular formula is C27H35N3O2. The molecule has 2 aromatic carbocycles. The number of para-hydroxylation sites is 1. The smallest absolute Gasteiger partial charge is 0.266 e. The first-order chi connectivity index (χ1) is 15.2. The zero-order chi connectivity index (χ0) is 23.4. The summed E-state index contributed by atoms with van der Waals surface area (Å²) < 4.78 is 1.72. The number of unbranched alkanes of at least 4 members (excludes halogenated alkanes) is 1. The van der Waals surface area contributed by atoms with Crippen LogP contribution in [0.5, 0.6) is 0 Å². The fraction of sp³-hybridized carbons (Fsp3) is 0.444. The quantitative estimate of drug-likeness (QED) is 0.455. The number of hydrogen-bond acceptors (Lipinski definition) is 3. The van der Waals surface area contributed by atoms with E-state index in [2.05, 4.69) is 20.8 Å². The van der Waals surface area contributed by atoms with Crippen LogP contribution in [-0.4, -0.2) is 26.9 Å². The lowest BCUT2D eigenvalue weighted by Gasteiger charge is -2.31. The zero-order valence-electron chi connectivity index (χ0n) is 20.2. The van der Waals surface area contributed by atoms with E-state index in [4.69, 9.17) is 4.98 Å². The van der Waals surface area contributed by atoms with Gasteiger partial charge >= 0.3 is 0 Å². The third-order valence-electron chi connectivity index (χ3n) is 5.90. The number of rotatable bonds is 8. The Hall–Kier alpha value is -2.95. The van der Waals surface area contributed by atoms with E-state index in [-0.39, 0.29) is 23.4 Å². The summed E-state index contributed by atoms with van der Waals surface area (Å²) in [7, 11) is 0. The Bertz CT molecular complexity index is 1160. The maximum atomic E-state index is 13.7. The summed E-state index contributed by atoms with van der Waals surface area (Å²) in [4.78, 5) is 33.8. The van der Waals surface area contributed by atoms with Crippen LogP contribution in [-0.2, 0) is 4.79 Å².